The van der Waals surface area contributed by atoms with Gasteiger partial charge in [-0.05, 0) is 24.1 Å². The summed E-state index contributed by atoms with van der Waals surface area (Å²) in [5.74, 6) is 1.89. The quantitative estimate of drug-likeness (QED) is 0.884. The summed E-state index contributed by atoms with van der Waals surface area (Å²) < 4.78 is 16.1. The van der Waals surface area contributed by atoms with Gasteiger partial charge in [0, 0.05) is 32.7 Å². The number of urea groups is 1. The molecule has 0 spiro atoms. The molecule has 2 rings (SSSR count). The van der Waals surface area contributed by atoms with Crippen molar-refractivity contribution in [2.24, 2.45) is 5.73 Å². The number of primary amides is 1. The van der Waals surface area contributed by atoms with Crippen LogP contribution >= 0.6 is 0 Å². The fourth-order valence-corrected chi connectivity index (χ4v) is 2.83. The lowest BCUT2D eigenvalue weighted by molar-refractivity contribution is 0.207. The number of benzene rings is 1. The maximum Gasteiger partial charge on any atom is 0.314 e. The van der Waals surface area contributed by atoms with Gasteiger partial charge in [0.05, 0.1) is 21.3 Å². The third-order valence-corrected chi connectivity index (χ3v) is 4.03. The summed E-state index contributed by atoms with van der Waals surface area (Å²) in [7, 11) is 4.81. The van der Waals surface area contributed by atoms with E-state index in [2.05, 4.69) is 4.90 Å². The van der Waals surface area contributed by atoms with Crippen LogP contribution in [-0.2, 0) is 6.54 Å². The molecule has 1 heterocycles. The van der Waals surface area contributed by atoms with Crippen molar-refractivity contribution in [3.63, 3.8) is 0 Å². The molecule has 0 aromatic heterocycles. The van der Waals surface area contributed by atoms with Gasteiger partial charge in [-0.2, -0.15) is 0 Å². The molecule has 23 heavy (non-hydrogen) atoms. The zero-order chi connectivity index (χ0) is 16.8. The predicted molar refractivity (Wildman–Crippen MR) is 87.1 cm³/mol. The Morgan fingerprint density at radius 1 is 1.04 bits per heavy atom. The van der Waals surface area contributed by atoms with E-state index in [1.165, 1.54) is 0 Å². The van der Waals surface area contributed by atoms with Crippen LogP contribution in [0.15, 0.2) is 12.1 Å². The smallest absolute Gasteiger partial charge is 0.314 e. The summed E-state index contributed by atoms with van der Waals surface area (Å²) in [5, 5.41) is 0. The molecule has 2 amide bonds. The van der Waals surface area contributed by atoms with Crippen LogP contribution in [0.4, 0.5) is 4.79 Å². The molecule has 2 N–H and O–H groups in total. The normalized spacial score (nSPS) is 15.9. The second-order valence-electron chi connectivity index (χ2n) is 5.49. The molecule has 0 atom stereocenters. The van der Waals surface area contributed by atoms with Crippen LogP contribution in [0, 0.1) is 0 Å². The number of hydrogen-bond acceptors (Lipinski definition) is 5. The van der Waals surface area contributed by atoms with E-state index < -0.39 is 0 Å². The molecule has 0 bridgehead atoms. The maximum atomic E-state index is 11.3. The number of nitrogens with two attached hydrogens (primary N) is 1. The maximum absolute atomic E-state index is 11.3. The Kier molecular flexibility index (Phi) is 5.92. The Hall–Kier alpha value is -2.15. The van der Waals surface area contributed by atoms with Gasteiger partial charge in [0.1, 0.15) is 0 Å². The summed E-state index contributed by atoms with van der Waals surface area (Å²) in [6, 6.07) is 3.57. The molecule has 128 valence electrons. The molecular weight excluding hydrogens is 298 g/mol. The highest BCUT2D eigenvalue weighted by atomic mass is 16.5. The summed E-state index contributed by atoms with van der Waals surface area (Å²) in [6.45, 7) is 3.82. The van der Waals surface area contributed by atoms with Crippen molar-refractivity contribution in [2.75, 3.05) is 47.5 Å². The lowest BCUT2D eigenvalue weighted by atomic mass is 10.1. The number of carbonyl (C=O) groups is 1. The summed E-state index contributed by atoms with van der Waals surface area (Å²) in [4.78, 5) is 15.3. The largest absolute Gasteiger partial charge is 0.493 e. The first-order chi connectivity index (χ1) is 11.1. The average Bonchev–Trinajstić information content (AvgIpc) is 2.79. The molecule has 1 fully saturated rings. The van der Waals surface area contributed by atoms with E-state index in [0.717, 1.165) is 31.6 Å². The minimum absolute atomic E-state index is 0.348. The second-order valence-corrected chi connectivity index (χ2v) is 5.49. The van der Waals surface area contributed by atoms with Crippen molar-refractivity contribution >= 4 is 6.03 Å². The van der Waals surface area contributed by atoms with Gasteiger partial charge in [-0.15, -0.1) is 0 Å². The predicted octanol–water partition coefficient (Wildman–Crippen LogP) is 1.30. The van der Waals surface area contributed by atoms with Crippen LogP contribution in [-0.4, -0.2) is 63.3 Å². The molecule has 1 saturated heterocycles. The highest BCUT2D eigenvalue weighted by molar-refractivity contribution is 5.71. The molecule has 0 unspecified atom stereocenters. The van der Waals surface area contributed by atoms with Crippen molar-refractivity contribution in [3.8, 4) is 17.2 Å². The van der Waals surface area contributed by atoms with Gasteiger partial charge in [0.15, 0.2) is 11.5 Å². The zero-order valence-corrected chi connectivity index (χ0v) is 14.0. The van der Waals surface area contributed by atoms with Crippen LogP contribution in [0.3, 0.4) is 0 Å². The number of rotatable bonds is 5. The Labute approximate surface area is 136 Å². The van der Waals surface area contributed by atoms with Crippen LogP contribution in [0.2, 0.25) is 0 Å². The topological polar surface area (TPSA) is 77.3 Å². The third-order valence-electron chi connectivity index (χ3n) is 4.03. The highest BCUT2D eigenvalue weighted by Gasteiger charge is 2.19. The van der Waals surface area contributed by atoms with Crippen molar-refractivity contribution < 1.29 is 19.0 Å². The van der Waals surface area contributed by atoms with E-state index in [-0.39, 0.29) is 6.03 Å². The van der Waals surface area contributed by atoms with Gasteiger partial charge < -0.3 is 24.8 Å². The van der Waals surface area contributed by atoms with Gasteiger partial charge in [0.25, 0.3) is 0 Å². The minimum Gasteiger partial charge on any atom is -0.493 e. The monoisotopic (exact) mass is 323 g/mol. The first kappa shape index (κ1) is 17.2. The fraction of sp³-hybridized carbons (Fsp3) is 0.562. The average molecular weight is 323 g/mol. The molecule has 0 aliphatic carbocycles. The number of carbonyl (C=O) groups excluding carboxylic acids is 1. The number of hydrogen-bond donors (Lipinski definition) is 1. The Morgan fingerprint density at radius 2 is 1.70 bits per heavy atom. The fourth-order valence-electron chi connectivity index (χ4n) is 2.83. The number of amides is 2. The van der Waals surface area contributed by atoms with Crippen molar-refractivity contribution in [3.05, 3.63) is 17.7 Å². The van der Waals surface area contributed by atoms with Crippen LogP contribution in [0.25, 0.3) is 0 Å². The first-order valence-corrected chi connectivity index (χ1v) is 7.64. The lowest BCUT2D eigenvalue weighted by Gasteiger charge is -2.22. The Morgan fingerprint density at radius 3 is 2.22 bits per heavy atom. The van der Waals surface area contributed by atoms with Gasteiger partial charge >= 0.3 is 6.03 Å². The molecule has 0 radical (unpaired) electrons. The van der Waals surface area contributed by atoms with Crippen molar-refractivity contribution in [2.45, 2.75) is 13.0 Å². The van der Waals surface area contributed by atoms with Crippen LogP contribution in [0.5, 0.6) is 17.2 Å². The van der Waals surface area contributed by atoms with Crippen molar-refractivity contribution in [1.29, 1.82) is 0 Å². The lowest BCUT2D eigenvalue weighted by Crippen LogP contribution is -2.38. The van der Waals surface area contributed by atoms with Crippen LogP contribution in [0.1, 0.15) is 12.0 Å². The standard InChI is InChI=1S/C16H25N3O4/c1-21-13-9-12(10-14(22-2)15(13)23-3)11-18-5-4-6-19(8-7-18)16(17)20/h9-10H,4-8,11H2,1-3H3,(H2,17,20). The van der Waals surface area contributed by atoms with E-state index in [4.69, 9.17) is 19.9 Å². The molecule has 1 aliphatic rings. The minimum atomic E-state index is -0.348. The van der Waals surface area contributed by atoms with Gasteiger partial charge in [-0.1, -0.05) is 0 Å². The van der Waals surface area contributed by atoms with Crippen molar-refractivity contribution in [1.82, 2.24) is 9.80 Å². The highest BCUT2D eigenvalue weighted by Crippen LogP contribution is 2.38. The van der Waals surface area contributed by atoms with Gasteiger partial charge in [0.2, 0.25) is 5.75 Å². The SMILES string of the molecule is COc1cc(CN2CCCN(C(N)=O)CC2)cc(OC)c1OC. The summed E-state index contributed by atoms with van der Waals surface area (Å²) >= 11 is 0. The van der Waals surface area contributed by atoms with E-state index in [1.54, 1.807) is 26.2 Å². The number of methoxy groups -OCH3 is 3. The molecular formula is C16H25N3O4. The van der Waals surface area contributed by atoms with Gasteiger partial charge in [-0.25, -0.2) is 4.79 Å². The molecule has 7 heteroatoms. The number of nitrogens with zero attached hydrogens (tertiary/aromatic N) is 2. The molecule has 1 aromatic carbocycles. The first-order valence-electron chi connectivity index (χ1n) is 7.64. The van der Waals surface area contributed by atoms with E-state index in [1.807, 2.05) is 12.1 Å². The summed E-state index contributed by atoms with van der Waals surface area (Å²) in [6.07, 6.45) is 0.910. The van der Waals surface area contributed by atoms with Gasteiger partial charge in [-0.3, -0.25) is 4.90 Å². The van der Waals surface area contributed by atoms with Crippen LogP contribution < -0.4 is 19.9 Å². The zero-order valence-electron chi connectivity index (χ0n) is 14.0. The second kappa shape index (κ2) is 7.92. The van der Waals surface area contributed by atoms with E-state index >= 15 is 0 Å². The third kappa shape index (κ3) is 4.19. The number of ether oxygens (including phenoxy) is 3. The molecule has 1 aromatic rings. The summed E-state index contributed by atoms with van der Waals surface area (Å²) in [5.41, 5.74) is 6.44. The molecule has 1 aliphatic heterocycles. The van der Waals surface area contributed by atoms with E-state index in [9.17, 15) is 4.79 Å². The molecule has 7 nitrogen and oxygen atoms in total. The van der Waals surface area contributed by atoms with E-state index in [0.29, 0.717) is 30.3 Å². The molecule has 0 saturated carbocycles. The Bertz CT molecular complexity index is 525. The Balaban J connectivity index is 2.12.